The summed E-state index contributed by atoms with van der Waals surface area (Å²) in [5, 5.41) is 2.53. The van der Waals surface area contributed by atoms with Gasteiger partial charge in [-0.1, -0.05) is 0 Å². The predicted octanol–water partition coefficient (Wildman–Crippen LogP) is 2.87. The summed E-state index contributed by atoms with van der Waals surface area (Å²) in [5.41, 5.74) is -0.442. The van der Waals surface area contributed by atoms with E-state index >= 15 is 0 Å². The minimum Gasteiger partial charge on any atom is -0.388 e. The molecule has 0 spiro atoms. The molecule has 16 heavy (non-hydrogen) atoms. The fraction of sp³-hybridized carbons (Fsp3) is 0.400. The number of carbonyl (C=O) groups excluding carboxylic acids is 1. The van der Waals surface area contributed by atoms with Gasteiger partial charge in [0.1, 0.15) is 0 Å². The number of halogens is 2. The summed E-state index contributed by atoms with van der Waals surface area (Å²) in [5.74, 6) is -1.04. The lowest BCUT2D eigenvalue weighted by molar-refractivity contribution is 0.186. The first-order chi connectivity index (χ1) is 7.28. The van der Waals surface area contributed by atoms with Crippen molar-refractivity contribution >= 4 is 22.0 Å². The minimum atomic E-state index is -0.735. The van der Waals surface area contributed by atoms with Gasteiger partial charge in [-0.3, -0.25) is 0 Å². The highest BCUT2D eigenvalue weighted by Gasteiger charge is 2.17. The third-order valence-electron chi connectivity index (χ3n) is 1.44. The Morgan fingerprint density at radius 3 is 2.69 bits per heavy atom. The zero-order valence-corrected chi connectivity index (χ0v) is 10.8. The fourth-order valence-corrected chi connectivity index (χ4v) is 1.20. The highest BCUT2D eigenvalue weighted by molar-refractivity contribution is 9.10. The van der Waals surface area contributed by atoms with Gasteiger partial charge in [-0.25, -0.2) is 14.2 Å². The average molecular weight is 291 g/mol. The molecule has 0 aliphatic rings. The number of nitrogens with one attached hydrogen (secondary N) is 1. The van der Waals surface area contributed by atoms with E-state index in [1.54, 1.807) is 20.8 Å². The Kier molecular flexibility index (Phi) is 3.85. The quantitative estimate of drug-likeness (QED) is 0.865. The van der Waals surface area contributed by atoms with Crippen LogP contribution in [-0.2, 0) is 0 Å². The van der Waals surface area contributed by atoms with Gasteiger partial charge < -0.3 is 10.1 Å². The summed E-state index contributed by atoms with van der Waals surface area (Å²) in [4.78, 5) is 15.0. The molecule has 0 unspecified atom stereocenters. The van der Waals surface area contributed by atoms with Crippen LogP contribution in [0.5, 0.6) is 5.88 Å². The summed E-state index contributed by atoms with van der Waals surface area (Å²) in [6.45, 7) is 5.37. The maximum atomic E-state index is 13.2. The Morgan fingerprint density at radius 1 is 1.56 bits per heavy atom. The van der Waals surface area contributed by atoms with Crippen LogP contribution in [0.15, 0.2) is 16.7 Å². The summed E-state index contributed by atoms with van der Waals surface area (Å²) < 4.78 is 18.4. The van der Waals surface area contributed by atoms with Crippen LogP contribution in [0, 0.1) is 5.82 Å². The second kappa shape index (κ2) is 4.78. The first-order valence-electron chi connectivity index (χ1n) is 4.59. The molecule has 0 saturated carbocycles. The number of aromatic nitrogens is 1. The highest BCUT2D eigenvalue weighted by Crippen LogP contribution is 2.18. The molecule has 1 rings (SSSR count). The number of nitrogens with zero attached hydrogens (tertiary/aromatic N) is 1. The maximum Gasteiger partial charge on any atom is 0.414 e. The van der Waals surface area contributed by atoms with Gasteiger partial charge in [0.25, 0.3) is 5.88 Å². The van der Waals surface area contributed by atoms with Crippen molar-refractivity contribution in [2.75, 3.05) is 0 Å². The molecule has 1 amide bonds. The van der Waals surface area contributed by atoms with E-state index in [0.29, 0.717) is 4.47 Å². The van der Waals surface area contributed by atoms with Crippen LogP contribution in [0.4, 0.5) is 9.18 Å². The Bertz CT molecular complexity index is 404. The molecule has 1 heterocycles. The van der Waals surface area contributed by atoms with E-state index in [0.717, 1.165) is 0 Å². The van der Waals surface area contributed by atoms with Gasteiger partial charge in [-0.05, 0) is 42.8 Å². The zero-order valence-electron chi connectivity index (χ0n) is 9.17. The largest absolute Gasteiger partial charge is 0.414 e. The Hall–Kier alpha value is -1.17. The summed E-state index contributed by atoms with van der Waals surface area (Å²) in [7, 11) is 0. The van der Waals surface area contributed by atoms with Crippen LogP contribution in [-0.4, -0.2) is 16.6 Å². The fourth-order valence-electron chi connectivity index (χ4n) is 0.897. The molecular formula is C10H12BrFN2O2. The lowest BCUT2D eigenvalue weighted by atomic mass is 10.1. The van der Waals surface area contributed by atoms with E-state index in [4.69, 9.17) is 4.74 Å². The van der Waals surface area contributed by atoms with Gasteiger partial charge in [-0.15, -0.1) is 0 Å². The average Bonchev–Trinajstić information content (AvgIpc) is 2.06. The molecule has 6 heteroatoms. The van der Waals surface area contributed by atoms with Gasteiger partial charge in [0.15, 0.2) is 5.82 Å². The molecule has 4 nitrogen and oxygen atoms in total. The van der Waals surface area contributed by atoms with Crippen LogP contribution < -0.4 is 10.1 Å². The van der Waals surface area contributed by atoms with Gasteiger partial charge >= 0.3 is 6.09 Å². The third kappa shape index (κ3) is 4.14. The molecule has 1 aromatic heterocycles. The topological polar surface area (TPSA) is 51.2 Å². The van der Waals surface area contributed by atoms with Crippen LogP contribution in [0.3, 0.4) is 0 Å². The number of amides is 1. The molecule has 1 N–H and O–H groups in total. The number of hydrogen-bond donors (Lipinski definition) is 1. The van der Waals surface area contributed by atoms with Crippen LogP contribution in [0.2, 0.25) is 0 Å². The molecule has 0 aliphatic carbocycles. The number of hydrogen-bond acceptors (Lipinski definition) is 3. The molecule has 0 fully saturated rings. The monoisotopic (exact) mass is 290 g/mol. The molecule has 0 atom stereocenters. The van der Waals surface area contributed by atoms with Crippen molar-refractivity contribution in [2.45, 2.75) is 26.3 Å². The van der Waals surface area contributed by atoms with Crippen molar-refractivity contribution in [3.05, 3.63) is 22.6 Å². The number of ether oxygens (including phenoxy) is 1. The van der Waals surface area contributed by atoms with E-state index in [1.165, 1.54) is 12.3 Å². The van der Waals surface area contributed by atoms with Crippen molar-refractivity contribution in [3.63, 3.8) is 0 Å². The molecular weight excluding hydrogens is 279 g/mol. The van der Waals surface area contributed by atoms with Crippen LogP contribution >= 0.6 is 15.9 Å². The smallest absolute Gasteiger partial charge is 0.388 e. The second-order valence-corrected chi connectivity index (χ2v) is 5.12. The molecule has 0 aliphatic heterocycles. The first-order valence-corrected chi connectivity index (χ1v) is 5.38. The third-order valence-corrected chi connectivity index (χ3v) is 1.87. The van der Waals surface area contributed by atoms with E-state index in [-0.39, 0.29) is 5.88 Å². The van der Waals surface area contributed by atoms with Crippen LogP contribution in [0.25, 0.3) is 0 Å². The molecule has 0 bridgehead atoms. The second-order valence-electron chi connectivity index (χ2n) is 4.21. The normalized spacial score (nSPS) is 11.1. The number of rotatable bonds is 1. The van der Waals surface area contributed by atoms with E-state index in [9.17, 15) is 9.18 Å². The summed E-state index contributed by atoms with van der Waals surface area (Å²) in [6.07, 6.45) is 0.615. The van der Waals surface area contributed by atoms with Crippen molar-refractivity contribution < 1.29 is 13.9 Å². The molecule has 88 valence electrons. The number of pyridine rings is 1. The van der Waals surface area contributed by atoms with E-state index in [1.807, 2.05) is 0 Å². The first kappa shape index (κ1) is 12.9. The standard InChI is InChI=1S/C10H12BrFN2O2/c1-10(2,3)14-9(15)16-8-7(12)4-6(11)5-13-8/h4-5H,1-3H3,(H,14,15). The van der Waals surface area contributed by atoms with Gasteiger partial charge in [0, 0.05) is 16.2 Å². The highest BCUT2D eigenvalue weighted by atomic mass is 79.9. The Labute approximate surface area is 101 Å². The zero-order chi connectivity index (χ0) is 12.3. The van der Waals surface area contributed by atoms with Crippen molar-refractivity contribution in [3.8, 4) is 5.88 Å². The van der Waals surface area contributed by atoms with E-state index < -0.39 is 17.4 Å². The van der Waals surface area contributed by atoms with Gasteiger partial charge in [-0.2, -0.15) is 0 Å². The molecule has 0 saturated heterocycles. The predicted molar refractivity (Wildman–Crippen MR) is 60.8 cm³/mol. The SMILES string of the molecule is CC(C)(C)NC(=O)Oc1ncc(Br)cc1F. The van der Waals surface area contributed by atoms with Crippen molar-refractivity contribution in [2.24, 2.45) is 0 Å². The molecule has 0 radical (unpaired) electrons. The molecule has 0 aromatic carbocycles. The molecule has 1 aromatic rings. The summed E-state index contributed by atoms with van der Waals surface area (Å²) >= 11 is 3.05. The lowest BCUT2D eigenvalue weighted by Gasteiger charge is -2.19. The Balaban J connectivity index is 2.70. The van der Waals surface area contributed by atoms with Gasteiger partial charge in [0.2, 0.25) is 0 Å². The van der Waals surface area contributed by atoms with Crippen LogP contribution in [0.1, 0.15) is 20.8 Å². The lowest BCUT2D eigenvalue weighted by Crippen LogP contribution is -2.42. The Morgan fingerprint density at radius 2 is 2.19 bits per heavy atom. The maximum absolute atomic E-state index is 13.2. The van der Waals surface area contributed by atoms with Crippen molar-refractivity contribution in [1.82, 2.24) is 10.3 Å². The number of carbonyl (C=O) groups is 1. The van der Waals surface area contributed by atoms with Crippen molar-refractivity contribution in [1.29, 1.82) is 0 Å². The van der Waals surface area contributed by atoms with Gasteiger partial charge in [0.05, 0.1) is 0 Å². The summed E-state index contributed by atoms with van der Waals surface area (Å²) in [6, 6.07) is 1.17. The minimum absolute atomic E-state index is 0.343. The van der Waals surface area contributed by atoms with E-state index in [2.05, 4.69) is 26.2 Å².